The maximum Gasteiger partial charge on any atom is 0.161 e. The number of ether oxygens (including phenoxy) is 2. The van der Waals surface area contributed by atoms with Gasteiger partial charge in [0.15, 0.2) is 11.5 Å². The van der Waals surface area contributed by atoms with E-state index in [2.05, 4.69) is 45.6 Å². The first-order valence-electron chi connectivity index (χ1n) is 9.03. The number of hydrogen-bond donors (Lipinski definition) is 2. The lowest BCUT2D eigenvalue weighted by Gasteiger charge is -2.19. The van der Waals surface area contributed by atoms with Crippen molar-refractivity contribution < 1.29 is 9.47 Å². The number of anilines is 1. The van der Waals surface area contributed by atoms with Crippen molar-refractivity contribution in [2.75, 3.05) is 18.5 Å². The van der Waals surface area contributed by atoms with Gasteiger partial charge in [-0.05, 0) is 54.1 Å². The number of hydrogen-bond acceptors (Lipinski definition) is 4. The molecule has 0 radical (unpaired) electrons. The molecule has 2 N–H and O–H groups in total. The first-order valence-corrected chi connectivity index (χ1v) is 9.03. The van der Waals surface area contributed by atoms with E-state index in [9.17, 15) is 0 Å². The molecule has 1 aliphatic heterocycles. The summed E-state index contributed by atoms with van der Waals surface area (Å²) >= 11 is 0. The number of nitrogens with one attached hydrogen (secondary N) is 2. The van der Waals surface area contributed by atoms with Crippen LogP contribution in [0, 0.1) is 0 Å². The highest BCUT2D eigenvalue weighted by Gasteiger charge is 2.11. The zero-order chi connectivity index (χ0) is 18.1. The number of H-pyrrole nitrogens is 1. The fourth-order valence-corrected chi connectivity index (χ4v) is 3.24. The van der Waals surface area contributed by atoms with Crippen molar-refractivity contribution in [1.29, 1.82) is 0 Å². The normalized spacial score (nSPS) is 12.9. The van der Waals surface area contributed by atoms with Gasteiger partial charge in [0.25, 0.3) is 0 Å². The molecule has 0 bridgehead atoms. The van der Waals surface area contributed by atoms with Crippen molar-refractivity contribution in [3.63, 3.8) is 0 Å². The van der Waals surface area contributed by atoms with Crippen LogP contribution < -0.4 is 14.8 Å². The third-order valence-corrected chi connectivity index (χ3v) is 4.65. The minimum Gasteiger partial charge on any atom is -0.486 e. The Balaban J connectivity index is 1.29. The molecule has 0 saturated heterocycles. The van der Waals surface area contributed by atoms with Gasteiger partial charge in [-0.3, -0.25) is 0 Å². The summed E-state index contributed by atoms with van der Waals surface area (Å²) < 4.78 is 11.2. The van der Waals surface area contributed by atoms with Crippen LogP contribution in [0.5, 0.6) is 11.5 Å². The Kier molecular flexibility index (Phi) is 3.90. The van der Waals surface area contributed by atoms with Crippen LogP contribution in [0.3, 0.4) is 0 Å². The van der Waals surface area contributed by atoms with Crippen LogP contribution in [-0.2, 0) is 6.54 Å². The maximum absolute atomic E-state index is 5.64. The molecule has 1 aromatic heterocycles. The highest BCUT2D eigenvalue weighted by molar-refractivity contribution is 5.79. The van der Waals surface area contributed by atoms with Crippen molar-refractivity contribution in [2.24, 2.45) is 0 Å². The molecule has 0 unspecified atom stereocenters. The van der Waals surface area contributed by atoms with Gasteiger partial charge in [-0.15, -0.1) is 0 Å². The maximum atomic E-state index is 5.64. The molecule has 1 aliphatic rings. The standard InChI is InChI=1S/C22H19N3O2/c1-2-4-19-18(3-1)24-22(25-19)16-6-8-17(9-7-16)23-14-15-5-10-20-21(13-15)27-12-11-26-20/h1-10,13,23H,11-12,14H2,(H,24,25). The van der Waals surface area contributed by atoms with Gasteiger partial charge in [0, 0.05) is 17.8 Å². The number of nitrogens with zero attached hydrogens (tertiary/aromatic N) is 1. The summed E-state index contributed by atoms with van der Waals surface area (Å²) in [5.74, 6) is 2.52. The summed E-state index contributed by atoms with van der Waals surface area (Å²) in [5.41, 5.74) is 5.31. The molecule has 27 heavy (non-hydrogen) atoms. The minimum atomic E-state index is 0.604. The lowest BCUT2D eigenvalue weighted by atomic mass is 10.1. The van der Waals surface area contributed by atoms with E-state index in [1.807, 2.05) is 36.4 Å². The largest absolute Gasteiger partial charge is 0.486 e. The van der Waals surface area contributed by atoms with Gasteiger partial charge in [-0.25, -0.2) is 4.98 Å². The molecular formula is C22H19N3O2. The second-order valence-electron chi connectivity index (χ2n) is 6.51. The van der Waals surface area contributed by atoms with Gasteiger partial charge in [0.2, 0.25) is 0 Å². The van der Waals surface area contributed by atoms with Crippen LogP contribution >= 0.6 is 0 Å². The second-order valence-corrected chi connectivity index (χ2v) is 6.51. The zero-order valence-electron chi connectivity index (χ0n) is 14.7. The molecule has 0 amide bonds. The van der Waals surface area contributed by atoms with Gasteiger partial charge in [0.05, 0.1) is 11.0 Å². The quantitative estimate of drug-likeness (QED) is 0.560. The van der Waals surface area contributed by atoms with Gasteiger partial charge < -0.3 is 19.8 Å². The smallest absolute Gasteiger partial charge is 0.161 e. The van der Waals surface area contributed by atoms with Crippen LogP contribution in [0.25, 0.3) is 22.4 Å². The summed E-state index contributed by atoms with van der Waals surface area (Å²) in [5, 5.41) is 3.45. The van der Waals surface area contributed by atoms with E-state index >= 15 is 0 Å². The highest BCUT2D eigenvalue weighted by atomic mass is 16.6. The number of para-hydroxylation sites is 2. The number of aromatic amines is 1. The van der Waals surface area contributed by atoms with Crippen LogP contribution in [0.4, 0.5) is 5.69 Å². The van der Waals surface area contributed by atoms with E-state index in [-0.39, 0.29) is 0 Å². The molecule has 3 aromatic carbocycles. The van der Waals surface area contributed by atoms with Gasteiger partial charge in [-0.2, -0.15) is 0 Å². The van der Waals surface area contributed by atoms with Crippen molar-refractivity contribution in [2.45, 2.75) is 6.54 Å². The lowest BCUT2D eigenvalue weighted by Crippen LogP contribution is -2.15. The van der Waals surface area contributed by atoms with Crippen molar-refractivity contribution in [1.82, 2.24) is 9.97 Å². The predicted molar refractivity (Wildman–Crippen MR) is 106 cm³/mol. The first-order chi connectivity index (χ1) is 13.3. The van der Waals surface area contributed by atoms with Crippen molar-refractivity contribution in [3.05, 3.63) is 72.3 Å². The van der Waals surface area contributed by atoms with Gasteiger partial charge in [0.1, 0.15) is 19.0 Å². The summed E-state index contributed by atoms with van der Waals surface area (Å²) in [6, 6.07) is 22.4. The van der Waals surface area contributed by atoms with Crippen molar-refractivity contribution >= 4 is 16.7 Å². The second kappa shape index (κ2) is 6.68. The van der Waals surface area contributed by atoms with Gasteiger partial charge in [-0.1, -0.05) is 18.2 Å². The molecule has 4 aromatic rings. The molecule has 5 nitrogen and oxygen atoms in total. The number of rotatable bonds is 4. The van der Waals surface area contributed by atoms with E-state index in [0.717, 1.165) is 51.7 Å². The Morgan fingerprint density at radius 2 is 1.70 bits per heavy atom. The molecular weight excluding hydrogens is 338 g/mol. The molecule has 0 saturated carbocycles. The molecule has 0 fully saturated rings. The topological polar surface area (TPSA) is 59.2 Å². The zero-order valence-corrected chi connectivity index (χ0v) is 14.7. The van der Waals surface area contributed by atoms with Crippen LogP contribution in [0.1, 0.15) is 5.56 Å². The molecule has 2 heterocycles. The minimum absolute atomic E-state index is 0.604. The number of aromatic nitrogens is 2. The lowest BCUT2D eigenvalue weighted by molar-refractivity contribution is 0.171. The number of imidazole rings is 1. The van der Waals surface area contributed by atoms with Crippen LogP contribution in [0.2, 0.25) is 0 Å². The van der Waals surface area contributed by atoms with Gasteiger partial charge >= 0.3 is 0 Å². The SMILES string of the molecule is c1ccc2[nH]c(-c3ccc(NCc4ccc5c(c4)OCCO5)cc3)nc2c1. The fourth-order valence-electron chi connectivity index (χ4n) is 3.24. The van der Waals surface area contributed by atoms with Crippen molar-refractivity contribution in [3.8, 4) is 22.9 Å². The van der Waals surface area contributed by atoms with E-state index in [1.54, 1.807) is 0 Å². The highest BCUT2D eigenvalue weighted by Crippen LogP contribution is 2.31. The Morgan fingerprint density at radius 1 is 0.889 bits per heavy atom. The fraction of sp³-hybridized carbons (Fsp3) is 0.136. The summed E-state index contributed by atoms with van der Waals surface area (Å²) in [4.78, 5) is 8.01. The third kappa shape index (κ3) is 3.19. The van der Waals surface area contributed by atoms with E-state index in [1.165, 1.54) is 0 Å². The van der Waals surface area contributed by atoms with E-state index in [0.29, 0.717) is 13.2 Å². The summed E-state index contributed by atoms with van der Waals surface area (Å²) in [6.45, 7) is 1.94. The van der Waals surface area contributed by atoms with E-state index < -0.39 is 0 Å². The molecule has 0 spiro atoms. The molecule has 5 rings (SSSR count). The Bertz CT molecular complexity index is 1050. The monoisotopic (exact) mass is 357 g/mol. The Morgan fingerprint density at radius 3 is 2.56 bits per heavy atom. The molecule has 134 valence electrons. The molecule has 0 atom stereocenters. The third-order valence-electron chi connectivity index (χ3n) is 4.65. The average Bonchev–Trinajstić information content (AvgIpc) is 3.17. The summed E-state index contributed by atoms with van der Waals surface area (Å²) in [6.07, 6.45) is 0. The summed E-state index contributed by atoms with van der Waals surface area (Å²) in [7, 11) is 0. The molecule has 0 aliphatic carbocycles. The van der Waals surface area contributed by atoms with Crippen LogP contribution in [-0.4, -0.2) is 23.2 Å². The van der Waals surface area contributed by atoms with E-state index in [4.69, 9.17) is 9.47 Å². The molecule has 5 heteroatoms. The predicted octanol–water partition coefficient (Wildman–Crippen LogP) is 4.61. The first kappa shape index (κ1) is 15.8. The van der Waals surface area contributed by atoms with Crippen LogP contribution in [0.15, 0.2) is 66.7 Å². The Labute approximate surface area is 157 Å². The number of fused-ring (bicyclic) bond motifs is 2. The number of benzene rings is 3. The Hall–Kier alpha value is -3.47. The average molecular weight is 357 g/mol.